The van der Waals surface area contributed by atoms with Crippen molar-refractivity contribution < 1.29 is 0 Å². The number of H-pyrrole nitrogens is 1. The van der Waals surface area contributed by atoms with Crippen LogP contribution in [-0.2, 0) is 0 Å². The summed E-state index contributed by atoms with van der Waals surface area (Å²) in [6.07, 6.45) is 3.37. The van der Waals surface area contributed by atoms with Crippen LogP contribution in [0, 0.1) is 0 Å². The van der Waals surface area contributed by atoms with Gasteiger partial charge in [-0.05, 0) is 12.1 Å². The van der Waals surface area contributed by atoms with Gasteiger partial charge >= 0.3 is 0 Å². The molecule has 42 valence electrons. The fourth-order valence-corrected chi connectivity index (χ4v) is 0.505. The number of nitrogens with zero attached hydrogens (tertiary/aromatic N) is 1. The molecule has 1 heterocycles. The fraction of sp³-hybridized carbons (Fsp3) is 0. The van der Waals surface area contributed by atoms with E-state index in [0.29, 0.717) is 0 Å². The second-order valence-electron chi connectivity index (χ2n) is 1.40. The van der Waals surface area contributed by atoms with Crippen LogP contribution >= 0.6 is 0 Å². The van der Waals surface area contributed by atoms with E-state index in [1.54, 1.807) is 6.21 Å². The molecule has 0 bridgehead atoms. The van der Waals surface area contributed by atoms with Crippen LogP contribution in [0.25, 0.3) is 0 Å². The maximum absolute atomic E-state index is 4.87. The Bertz CT molecular complexity index is 164. The molecular weight excluding hydrogens is 102 g/mol. The van der Waals surface area contributed by atoms with Gasteiger partial charge in [-0.3, -0.25) is 0 Å². The molecular formula is C5H7N3. The van der Waals surface area contributed by atoms with Crippen molar-refractivity contribution in [2.45, 2.75) is 0 Å². The average molecular weight is 109 g/mol. The number of hydrogen-bond acceptors (Lipinski definition) is 2. The Hall–Kier alpha value is -1.25. The van der Waals surface area contributed by atoms with Crippen LogP contribution in [0.15, 0.2) is 23.4 Å². The van der Waals surface area contributed by atoms with E-state index in [-0.39, 0.29) is 0 Å². The molecule has 1 aromatic rings. The van der Waals surface area contributed by atoms with E-state index in [2.05, 4.69) is 10.1 Å². The van der Waals surface area contributed by atoms with Gasteiger partial charge in [0, 0.05) is 6.20 Å². The Morgan fingerprint density at radius 2 is 2.62 bits per heavy atom. The molecule has 3 N–H and O–H groups in total. The van der Waals surface area contributed by atoms with Crippen molar-refractivity contribution in [1.29, 1.82) is 0 Å². The van der Waals surface area contributed by atoms with Crippen molar-refractivity contribution in [2.24, 2.45) is 10.9 Å². The van der Waals surface area contributed by atoms with Gasteiger partial charge in [-0.25, -0.2) is 0 Å². The van der Waals surface area contributed by atoms with Gasteiger partial charge < -0.3 is 10.8 Å². The summed E-state index contributed by atoms with van der Waals surface area (Å²) in [5.74, 6) is 4.87. The number of nitrogens with two attached hydrogens (primary N) is 1. The van der Waals surface area contributed by atoms with Crippen molar-refractivity contribution in [3.8, 4) is 0 Å². The Morgan fingerprint density at radius 1 is 1.75 bits per heavy atom. The number of nitrogens with one attached hydrogen (secondary N) is 1. The number of aromatic amines is 1. The summed E-state index contributed by atoms with van der Waals surface area (Å²) < 4.78 is 0. The third kappa shape index (κ3) is 0.872. The summed E-state index contributed by atoms with van der Waals surface area (Å²) in [7, 11) is 0. The van der Waals surface area contributed by atoms with E-state index >= 15 is 0 Å². The standard InChI is InChI=1S/C5H7N3/c6-8-4-5-2-1-3-7-5/h1-4,7H,6H2/b8-4-. The van der Waals surface area contributed by atoms with E-state index < -0.39 is 0 Å². The Morgan fingerprint density at radius 3 is 3.12 bits per heavy atom. The molecule has 0 radical (unpaired) electrons. The van der Waals surface area contributed by atoms with E-state index in [9.17, 15) is 0 Å². The number of rotatable bonds is 1. The van der Waals surface area contributed by atoms with Gasteiger partial charge in [-0.1, -0.05) is 0 Å². The van der Waals surface area contributed by atoms with E-state index in [1.165, 1.54) is 0 Å². The molecule has 0 saturated carbocycles. The van der Waals surface area contributed by atoms with Gasteiger partial charge in [0.05, 0.1) is 11.9 Å². The van der Waals surface area contributed by atoms with Gasteiger partial charge in [-0.15, -0.1) is 0 Å². The molecule has 0 spiro atoms. The highest BCUT2D eigenvalue weighted by Crippen LogP contribution is 1.86. The molecule has 3 nitrogen and oxygen atoms in total. The summed E-state index contributed by atoms with van der Waals surface area (Å²) in [6.45, 7) is 0. The molecule has 0 saturated heterocycles. The molecule has 0 amide bonds. The third-order valence-corrected chi connectivity index (χ3v) is 0.836. The lowest BCUT2D eigenvalue weighted by Crippen LogP contribution is -1.84. The van der Waals surface area contributed by atoms with Gasteiger partial charge in [0.15, 0.2) is 0 Å². The second kappa shape index (κ2) is 2.16. The van der Waals surface area contributed by atoms with E-state index in [0.717, 1.165) is 5.69 Å². The maximum Gasteiger partial charge on any atom is 0.0700 e. The summed E-state index contributed by atoms with van der Waals surface area (Å²) >= 11 is 0. The normalized spacial score (nSPS) is 10.5. The van der Waals surface area contributed by atoms with Crippen molar-refractivity contribution in [1.82, 2.24) is 4.98 Å². The lowest BCUT2D eigenvalue weighted by Gasteiger charge is -1.77. The van der Waals surface area contributed by atoms with Crippen molar-refractivity contribution in [3.05, 3.63) is 24.0 Å². The van der Waals surface area contributed by atoms with E-state index in [1.807, 2.05) is 18.3 Å². The Balaban J connectivity index is 2.77. The third-order valence-electron chi connectivity index (χ3n) is 0.836. The summed E-state index contributed by atoms with van der Waals surface area (Å²) in [5, 5.41) is 3.32. The molecule has 1 rings (SSSR count). The molecule has 1 aromatic heterocycles. The highest BCUT2D eigenvalue weighted by molar-refractivity contribution is 5.76. The summed E-state index contributed by atoms with van der Waals surface area (Å²) in [6, 6.07) is 3.77. The van der Waals surface area contributed by atoms with Crippen molar-refractivity contribution >= 4 is 6.21 Å². The molecule has 0 unspecified atom stereocenters. The van der Waals surface area contributed by atoms with Crippen LogP contribution < -0.4 is 5.84 Å². The first-order valence-corrected chi connectivity index (χ1v) is 2.30. The minimum absolute atomic E-state index is 0.924. The van der Waals surface area contributed by atoms with Crippen LogP contribution in [0.3, 0.4) is 0 Å². The molecule has 0 aliphatic rings. The van der Waals surface area contributed by atoms with Gasteiger partial charge in [0.2, 0.25) is 0 Å². The Kier molecular flexibility index (Phi) is 1.32. The largest absolute Gasteiger partial charge is 0.360 e. The molecule has 8 heavy (non-hydrogen) atoms. The average Bonchev–Trinajstić information content (AvgIpc) is 2.19. The SMILES string of the molecule is N/N=C\c1ccc[nH]1. The molecule has 0 aliphatic heterocycles. The molecule has 0 atom stereocenters. The highest BCUT2D eigenvalue weighted by atomic mass is 15.1. The van der Waals surface area contributed by atoms with Crippen LogP contribution in [0.1, 0.15) is 5.69 Å². The van der Waals surface area contributed by atoms with Crippen LogP contribution in [0.4, 0.5) is 0 Å². The maximum atomic E-state index is 4.87. The zero-order valence-corrected chi connectivity index (χ0v) is 4.33. The molecule has 3 heteroatoms. The molecule has 0 fully saturated rings. The fourth-order valence-electron chi connectivity index (χ4n) is 0.505. The zero-order valence-electron chi connectivity index (χ0n) is 4.33. The number of hydrogen-bond donors (Lipinski definition) is 2. The molecule has 0 aromatic carbocycles. The topological polar surface area (TPSA) is 54.2 Å². The summed E-state index contributed by atoms with van der Waals surface area (Å²) in [4.78, 5) is 2.91. The van der Waals surface area contributed by atoms with Gasteiger partial charge in [0.25, 0.3) is 0 Å². The van der Waals surface area contributed by atoms with Crippen molar-refractivity contribution in [2.75, 3.05) is 0 Å². The smallest absolute Gasteiger partial charge is 0.0700 e. The van der Waals surface area contributed by atoms with Crippen molar-refractivity contribution in [3.63, 3.8) is 0 Å². The first-order valence-electron chi connectivity index (χ1n) is 2.30. The predicted molar refractivity (Wildman–Crippen MR) is 32.6 cm³/mol. The minimum atomic E-state index is 0.924. The number of hydrazone groups is 1. The van der Waals surface area contributed by atoms with Gasteiger partial charge in [-0.2, -0.15) is 5.10 Å². The quantitative estimate of drug-likeness (QED) is 0.304. The summed E-state index contributed by atoms with van der Waals surface area (Å²) in [5.41, 5.74) is 0.924. The predicted octanol–water partition coefficient (Wildman–Crippen LogP) is 0.307. The second-order valence-corrected chi connectivity index (χ2v) is 1.40. The minimum Gasteiger partial charge on any atom is -0.360 e. The van der Waals surface area contributed by atoms with Crippen LogP contribution in [-0.4, -0.2) is 11.2 Å². The monoisotopic (exact) mass is 109 g/mol. The lowest BCUT2D eigenvalue weighted by atomic mass is 10.5. The zero-order chi connectivity index (χ0) is 5.82. The lowest BCUT2D eigenvalue weighted by molar-refractivity contribution is 1.25. The first-order chi connectivity index (χ1) is 3.93. The number of aromatic nitrogens is 1. The Labute approximate surface area is 47.2 Å². The van der Waals surface area contributed by atoms with Crippen LogP contribution in [0.2, 0.25) is 0 Å². The van der Waals surface area contributed by atoms with E-state index in [4.69, 9.17) is 5.84 Å². The van der Waals surface area contributed by atoms with Gasteiger partial charge in [0.1, 0.15) is 0 Å². The first kappa shape index (κ1) is 4.90. The van der Waals surface area contributed by atoms with Crippen LogP contribution in [0.5, 0.6) is 0 Å². The molecule has 0 aliphatic carbocycles. The highest BCUT2D eigenvalue weighted by Gasteiger charge is 1.80.